The lowest BCUT2D eigenvalue weighted by molar-refractivity contribution is 0.373. The molecule has 0 bridgehead atoms. The molecule has 1 atom stereocenters. The summed E-state index contributed by atoms with van der Waals surface area (Å²) in [5.74, 6) is 0.535. The van der Waals surface area contributed by atoms with Gasteiger partial charge in [-0.3, -0.25) is 0 Å². The fourth-order valence-corrected chi connectivity index (χ4v) is 6.29. The standard InChI is InChI=1S/C22H28BrNO3S/c1-5-6-10-16-15-24(17-11-8-7-9-12-17)19-13-18(23)20(27-4)14-21(19)28(25,26)22(16,2)3/h7-9,11-14,16H,5-6,10,15H2,1-4H3. The van der Waals surface area contributed by atoms with Crippen LogP contribution in [0.3, 0.4) is 0 Å². The molecule has 1 aliphatic heterocycles. The Labute approximate surface area is 176 Å². The number of para-hydroxylation sites is 1. The van der Waals surface area contributed by atoms with E-state index >= 15 is 0 Å². The normalized spacial score (nSPS) is 20.3. The fraction of sp³-hybridized carbons (Fsp3) is 0.455. The molecule has 0 saturated carbocycles. The van der Waals surface area contributed by atoms with E-state index in [-0.39, 0.29) is 5.92 Å². The Bertz CT molecular complexity index is 942. The SMILES string of the molecule is CCCCC1CN(c2ccccc2)c2cc(Br)c(OC)cc2S(=O)(=O)C1(C)C. The lowest BCUT2D eigenvalue weighted by Crippen LogP contribution is -2.42. The summed E-state index contributed by atoms with van der Waals surface area (Å²) in [6, 6.07) is 13.5. The van der Waals surface area contributed by atoms with Crippen LogP contribution >= 0.6 is 15.9 Å². The Morgan fingerprint density at radius 2 is 1.89 bits per heavy atom. The highest BCUT2D eigenvalue weighted by Crippen LogP contribution is 2.48. The van der Waals surface area contributed by atoms with Gasteiger partial charge in [0.2, 0.25) is 0 Å². The number of benzene rings is 2. The Kier molecular flexibility index (Phi) is 6.11. The average molecular weight is 466 g/mol. The molecule has 28 heavy (non-hydrogen) atoms. The largest absolute Gasteiger partial charge is 0.496 e. The van der Waals surface area contributed by atoms with E-state index in [1.165, 1.54) is 0 Å². The number of unbranched alkanes of at least 4 members (excludes halogenated alkanes) is 1. The van der Waals surface area contributed by atoms with Gasteiger partial charge >= 0.3 is 0 Å². The highest BCUT2D eigenvalue weighted by Gasteiger charge is 2.47. The van der Waals surface area contributed by atoms with Gasteiger partial charge in [-0.2, -0.15) is 0 Å². The summed E-state index contributed by atoms with van der Waals surface area (Å²) < 4.78 is 32.8. The van der Waals surface area contributed by atoms with Crippen molar-refractivity contribution in [3.05, 3.63) is 46.9 Å². The first kappa shape index (κ1) is 21.2. The first-order valence-electron chi connectivity index (χ1n) is 9.68. The summed E-state index contributed by atoms with van der Waals surface area (Å²) in [7, 11) is -2.01. The van der Waals surface area contributed by atoms with E-state index < -0.39 is 14.6 Å². The quantitative estimate of drug-likeness (QED) is 0.545. The van der Waals surface area contributed by atoms with Gasteiger partial charge in [-0.15, -0.1) is 0 Å². The van der Waals surface area contributed by atoms with Crippen LogP contribution in [0.15, 0.2) is 51.8 Å². The lowest BCUT2D eigenvalue weighted by atomic mass is 9.89. The second-order valence-electron chi connectivity index (χ2n) is 7.85. The Morgan fingerprint density at radius 3 is 2.50 bits per heavy atom. The summed E-state index contributed by atoms with van der Waals surface area (Å²) in [6.45, 7) is 6.54. The van der Waals surface area contributed by atoms with Crippen LogP contribution in [-0.4, -0.2) is 26.8 Å². The summed E-state index contributed by atoms with van der Waals surface area (Å²) in [6.07, 6.45) is 2.93. The van der Waals surface area contributed by atoms with Crippen molar-refractivity contribution in [3.8, 4) is 5.75 Å². The smallest absolute Gasteiger partial charge is 0.186 e. The van der Waals surface area contributed by atoms with Crippen molar-refractivity contribution in [1.29, 1.82) is 0 Å². The van der Waals surface area contributed by atoms with E-state index in [9.17, 15) is 8.42 Å². The second-order valence-corrected chi connectivity index (χ2v) is 11.2. The van der Waals surface area contributed by atoms with Crippen LogP contribution in [0.5, 0.6) is 5.75 Å². The third-order valence-electron chi connectivity index (χ3n) is 5.87. The average Bonchev–Trinajstić information content (AvgIpc) is 2.73. The van der Waals surface area contributed by atoms with Gasteiger partial charge in [0, 0.05) is 18.3 Å². The molecule has 0 radical (unpaired) electrons. The number of methoxy groups -OCH3 is 1. The maximum Gasteiger partial charge on any atom is 0.186 e. The molecule has 4 nitrogen and oxygen atoms in total. The van der Waals surface area contributed by atoms with Crippen LogP contribution in [0.4, 0.5) is 11.4 Å². The van der Waals surface area contributed by atoms with Gasteiger partial charge in [-0.1, -0.05) is 38.0 Å². The number of sulfone groups is 1. The fourth-order valence-electron chi connectivity index (χ4n) is 3.89. The zero-order chi connectivity index (χ0) is 20.5. The van der Waals surface area contributed by atoms with Crippen molar-refractivity contribution in [1.82, 2.24) is 0 Å². The summed E-state index contributed by atoms with van der Waals surface area (Å²) >= 11 is 3.54. The zero-order valence-electron chi connectivity index (χ0n) is 16.9. The number of rotatable bonds is 5. The minimum atomic E-state index is -3.57. The summed E-state index contributed by atoms with van der Waals surface area (Å²) in [5, 5.41) is 0. The molecular weight excluding hydrogens is 438 g/mol. The van der Waals surface area contributed by atoms with Crippen LogP contribution in [0.25, 0.3) is 0 Å². The number of nitrogens with zero attached hydrogens (tertiary/aromatic N) is 1. The molecule has 1 heterocycles. The van der Waals surface area contributed by atoms with Crippen LogP contribution in [0, 0.1) is 5.92 Å². The van der Waals surface area contributed by atoms with Crippen LogP contribution in [-0.2, 0) is 9.84 Å². The topological polar surface area (TPSA) is 46.6 Å². The van der Waals surface area contributed by atoms with Gasteiger partial charge in [0.05, 0.1) is 26.9 Å². The maximum absolute atomic E-state index is 13.8. The highest BCUT2D eigenvalue weighted by molar-refractivity contribution is 9.10. The molecule has 0 amide bonds. The van der Waals surface area contributed by atoms with Gasteiger partial charge in [0.15, 0.2) is 9.84 Å². The first-order valence-corrected chi connectivity index (χ1v) is 12.0. The predicted molar refractivity (Wildman–Crippen MR) is 118 cm³/mol. The van der Waals surface area contributed by atoms with Gasteiger partial charge in [0.25, 0.3) is 0 Å². The Morgan fingerprint density at radius 1 is 1.21 bits per heavy atom. The molecule has 152 valence electrons. The van der Waals surface area contributed by atoms with Crippen molar-refractivity contribution in [2.24, 2.45) is 5.92 Å². The van der Waals surface area contributed by atoms with Gasteiger partial charge in [-0.25, -0.2) is 8.42 Å². The number of hydrogen-bond acceptors (Lipinski definition) is 4. The number of fused-ring (bicyclic) bond motifs is 1. The second kappa shape index (κ2) is 8.07. The van der Waals surface area contributed by atoms with Gasteiger partial charge in [-0.05, 0) is 60.3 Å². The molecule has 0 saturated heterocycles. The zero-order valence-corrected chi connectivity index (χ0v) is 19.3. The molecular formula is C22H28BrNO3S. The van der Waals surface area contributed by atoms with Crippen molar-refractivity contribution in [3.63, 3.8) is 0 Å². The van der Waals surface area contributed by atoms with E-state index in [0.717, 1.165) is 29.4 Å². The maximum atomic E-state index is 13.8. The van der Waals surface area contributed by atoms with Gasteiger partial charge in [0.1, 0.15) is 5.75 Å². The third kappa shape index (κ3) is 3.57. The van der Waals surface area contributed by atoms with Crippen LogP contribution < -0.4 is 9.64 Å². The molecule has 0 spiro atoms. The molecule has 0 fully saturated rings. The lowest BCUT2D eigenvalue weighted by Gasteiger charge is -2.34. The molecule has 0 aliphatic carbocycles. The number of anilines is 2. The number of halogens is 1. The van der Waals surface area contributed by atoms with Crippen LogP contribution in [0.1, 0.15) is 40.0 Å². The Balaban J connectivity index is 2.28. The molecule has 3 rings (SSSR count). The third-order valence-corrected chi connectivity index (χ3v) is 9.11. The van der Waals surface area contributed by atoms with Crippen molar-refractivity contribution in [2.75, 3.05) is 18.6 Å². The summed E-state index contributed by atoms with van der Waals surface area (Å²) in [5.41, 5.74) is 1.70. The van der Waals surface area contributed by atoms with Crippen LogP contribution in [0.2, 0.25) is 0 Å². The van der Waals surface area contributed by atoms with E-state index in [1.54, 1.807) is 13.2 Å². The molecule has 1 unspecified atom stereocenters. The first-order chi connectivity index (χ1) is 13.2. The molecule has 6 heteroatoms. The molecule has 1 aliphatic rings. The minimum Gasteiger partial charge on any atom is -0.496 e. The van der Waals surface area contributed by atoms with Gasteiger partial charge < -0.3 is 9.64 Å². The van der Waals surface area contributed by atoms with Crippen molar-refractivity contribution >= 4 is 37.1 Å². The number of ether oxygens (including phenoxy) is 1. The van der Waals surface area contributed by atoms with E-state index in [0.29, 0.717) is 22.9 Å². The number of hydrogen-bond donors (Lipinski definition) is 0. The van der Waals surface area contributed by atoms with E-state index in [1.807, 2.05) is 50.2 Å². The Hall–Kier alpha value is -1.53. The molecule has 2 aromatic rings. The predicted octanol–water partition coefficient (Wildman–Crippen LogP) is 5.97. The minimum absolute atomic E-state index is 0.00910. The van der Waals surface area contributed by atoms with E-state index in [2.05, 4.69) is 27.8 Å². The molecule has 2 aromatic carbocycles. The van der Waals surface area contributed by atoms with Crippen molar-refractivity contribution < 1.29 is 13.2 Å². The monoisotopic (exact) mass is 465 g/mol. The highest BCUT2D eigenvalue weighted by atomic mass is 79.9. The van der Waals surface area contributed by atoms with Crippen molar-refractivity contribution in [2.45, 2.75) is 49.7 Å². The summed E-state index contributed by atoms with van der Waals surface area (Å²) in [4.78, 5) is 2.48. The molecule has 0 N–H and O–H groups in total. The molecule has 0 aromatic heterocycles. The van der Waals surface area contributed by atoms with E-state index in [4.69, 9.17) is 4.74 Å².